The molecule has 11 heavy (non-hydrogen) atoms. The molecule has 0 saturated carbocycles. The van der Waals surface area contributed by atoms with Crippen LogP contribution >= 0.6 is 23.2 Å². The maximum Gasteiger partial charge on any atom is 0.166 e. The first kappa shape index (κ1) is 8.84. The lowest BCUT2D eigenvalue weighted by molar-refractivity contribution is 0.685. The summed E-state index contributed by atoms with van der Waals surface area (Å²) in [7, 11) is 0. The average molecular weight is 194 g/mol. The summed E-state index contributed by atoms with van der Waals surface area (Å²) in [4.78, 5) is 3.97. The zero-order valence-corrected chi connectivity index (χ0v) is 7.65. The molecule has 2 N–H and O–H groups in total. The van der Waals surface area contributed by atoms with Gasteiger partial charge in [0.2, 0.25) is 0 Å². The molecule has 62 valence electrons. The van der Waals surface area contributed by atoms with Gasteiger partial charge in [-0.05, 0) is 6.92 Å². The lowest BCUT2D eigenvalue weighted by Gasteiger charge is -2.02. The van der Waals surface area contributed by atoms with Crippen LogP contribution in [-0.2, 0) is 6.54 Å². The fraction of sp³-hybridized carbons (Fsp3) is 0.500. The minimum atomic E-state index is 0.345. The Kier molecular flexibility index (Phi) is 2.76. The highest BCUT2D eigenvalue weighted by Gasteiger charge is 2.08. The van der Waals surface area contributed by atoms with Gasteiger partial charge in [0.25, 0.3) is 0 Å². The molecule has 0 amide bonds. The van der Waals surface area contributed by atoms with Crippen molar-refractivity contribution in [2.24, 2.45) is 5.73 Å². The van der Waals surface area contributed by atoms with Crippen LogP contribution in [0.4, 0.5) is 0 Å². The Morgan fingerprint density at radius 3 is 2.55 bits per heavy atom. The molecule has 0 saturated heterocycles. The largest absolute Gasteiger partial charge is 0.329 e. The van der Waals surface area contributed by atoms with Crippen LogP contribution in [0.2, 0.25) is 10.3 Å². The highest BCUT2D eigenvalue weighted by atomic mass is 35.5. The van der Waals surface area contributed by atoms with Crippen LogP contribution in [-0.4, -0.2) is 16.1 Å². The molecule has 0 bridgehead atoms. The molecule has 3 nitrogen and oxygen atoms in total. The third-order valence-electron chi connectivity index (χ3n) is 1.41. The molecule has 5 heteroatoms. The number of imidazole rings is 1. The molecule has 0 spiro atoms. The molecule has 1 aromatic rings. The summed E-state index contributed by atoms with van der Waals surface area (Å²) < 4.78 is 1.78. The number of aromatic nitrogens is 2. The normalized spacial score (nSPS) is 10.5. The molecule has 0 aliphatic rings. The second kappa shape index (κ2) is 3.43. The van der Waals surface area contributed by atoms with Gasteiger partial charge in [0.1, 0.15) is 11.0 Å². The van der Waals surface area contributed by atoms with Gasteiger partial charge < -0.3 is 10.3 Å². The quantitative estimate of drug-likeness (QED) is 0.774. The van der Waals surface area contributed by atoms with Crippen LogP contribution in [0, 0.1) is 6.92 Å². The Bertz CT molecular complexity index is 257. The van der Waals surface area contributed by atoms with E-state index in [1.54, 1.807) is 4.57 Å². The van der Waals surface area contributed by atoms with E-state index in [2.05, 4.69) is 4.98 Å². The minimum Gasteiger partial charge on any atom is -0.329 e. The number of rotatable bonds is 2. The Labute approximate surface area is 75.1 Å². The van der Waals surface area contributed by atoms with Crippen molar-refractivity contribution in [1.82, 2.24) is 9.55 Å². The van der Waals surface area contributed by atoms with Crippen molar-refractivity contribution in [3.05, 3.63) is 16.1 Å². The van der Waals surface area contributed by atoms with Crippen LogP contribution in [0.25, 0.3) is 0 Å². The average Bonchev–Trinajstić information content (AvgIpc) is 2.17. The fourth-order valence-electron chi connectivity index (χ4n) is 0.891. The summed E-state index contributed by atoms with van der Waals surface area (Å²) in [6.45, 7) is 3.03. The van der Waals surface area contributed by atoms with Gasteiger partial charge in [0.05, 0.1) is 0 Å². The maximum absolute atomic E-state index is 5.81. The van der Waals surface area contributed by atoms with E-state index in [0.717, 1.165) is 5.82 Å². The fourth-order valence-corrected chi connectivity index (χ4v) is 1.36. The molecule has 0 radical (unpaired) electrons. The second-order valence-corrected chi connectivity index (χ2v) is 2.90. The van der Waals surface area contributed by atoms with Crippen LogP contribution in [0.15, 0.2) is 0 Å². The van der Waals surface area contributed by atoms with Gasteiger partial charge >= 0.3 is 0 Å². The third kappa shape index (κ3) is 1.67. The molecular formula is C6H9Cl2N3. The van der Waals surface area contributed by atoms with Gasteiger partial charge in [-0.15, -0.1) is 0 Å². The van der Waals surface area contributed by atoms with Gasteiger partial charge in [-0.2, -0.15) is 0 Å². The Hall–Kier alpha value is -0.250. The molecule has 0 unspecified atom stereocenters. The first-order chi connectivity index (χ1) is 5.16. The lowest BCUT2D eigenvalue weighted by atomic mass is 10.6. The third-order valence-corrected chi connectivity index (χ3v) is 2.15. The number of hydrogen-bond acceptors (Lipinski definition) is 2. The predicted molar refractivity (Wildman–Crippen MR) is 46.0 cm³/mol. The molecule has 0 atom stereocenters. The van der Waals surface area contributed by atoms with Crippen LogP contribution in [0.1, 0.15) is 5.82 Å². The van der Waals surface area contributed by atoms with E-state index in [1.807, 2.05) is 6.92 Å². The first-order valence-corrected chi connectivity index (χ1v) is 4.00. The SMILES string of the molecule is Cc1nc(Cl)c(Cl)n1CCN. The number of nitrogens with two attached hydrogens (primary N) is 1. The van der Waals surface area contributed by atoms with Crippen molar-refractivity contribution < 1.29 is 0 Å². The van der Waals surface area contributed by atoms with Crippen LogP contribution in [0.5, 0.6) is 0 Å². The molecular weight excluding hydrogens is 185 g/mol. The van der Waals surface area contributed by atoms with Gasteiger partial charge in [-0.3, -0.25) is 0 Å². The van der Waals surface area contributed by atoms with Crippen molar-refractivity contribution in [3.63, 3.8) is 0 Å². The summed E-state index contributed by atoms with van der Waals surface area (Å²) in [5.74, 6) is 0.797. The smallest absolute Gasteiger partial charge is 0.166 e. The van der Waals surface area contributed by atoms with E-state index >= 15 is 0 Å². The molecule has 0 aliphatic heterocycles. The number of hydrogen-bond donors (Lipinski definition) is 1. The van der Waals surface area contributed by atoms with E-state index < -0.39 is 0 Å². The van der Waals surface area contributed by atoms with E-state index in [-0.39, 0.29) is 0 Å². The van der Waals surface area contributed by atoms with Crippen molar-refractivity contribution >= 4 is 23.2 Å². The van der Waals surface area contributed by atoms with Gasteiger partial charge in [-0.25, -0.2) is 4.98 Å². The Balaban J connectivity index is 3.02. The molecule has 0 aromatic carbocycles. The molecule has 1 heterocycles. The Morgan fingerprint density at radius 1 is 1.55 bits per heavy atom. The van der Waals surface area contributed by atoms with Crippen molar-refractivity contribution in [2.45, 2.75) is 13.5 Å². The Morgan fingerprint density at radius 2 is 2.18 bits per heavy atom. The molecule has 1 rings (SSSR count). The molecule has 0 fully saturated rings. The van der Waals surface area contributed by atoms with E-state index in [1.165, 1.54) is 0 Å². The predicted octanol–water partition coefficient (Wildman–Crippen LogP) is 1.46. The van der Waals surface area contributed by atoms with Crippen molar-refractivity contribution in [1.29, 1.82) is 0 Å². The molecule has 1 aromatic heterocycles. The summed E-state index contributed by atoms with van der Waals surface area (Å²) in [6, 6.07) is 0. The van der Waals surface area contributed by atoms with Gasteiger partial charge in [0.15, 0.2) is 5.15 Å². The zero-order valence-electron chi connectivity index (χ0n) is 6.14. The summed E-state index contributed by atoms with van der Waals surface area (Å²) in [6.07, 6.45) is 0. The summed E-state index contributed by atoms with van der Waals surface area (Å²) in [5, 5.41) is 0.812. The highest BCUT2D eigenvalue weighted by Crippen LogP contribution is 2.21. The number of nitrogens with zero attached hydrogens (tertiary/aromatic N) is 2. The van der Waals surface area contributed by atoms with Gasteiger partial charge in [0, 0.05) is 13.1 Å². The van der Waals surface area contributed by atoms with E-state index in [0.29, 0.717) is 23.4 Å². The second-order valence-electron chi connectivity index (χ2n) is 2.18. The maximum atomic E-state index is 5.81. The van der Waals surface area contributed by atoms with Gasteiger partial charge in [-0.1, -0.05) is 23.2 Å². The molecule has 0 aliphatic carbocycles. The van der Waals surface area contributed by atoms with Crippen molar-refractivity contribution in [3.8, 4) is 0 Å². The van der Waals surface area contributed by atoms with E-state index in [9.17, 15) is 0 Å². The standard InChI is InChI=1S/C6H9Cl2N3/c1-4-10-5(7)6(8)11(4)3-2-9/h2-3,9H2,1H3. The topological polar surface area (TPSA) is 43.8 Å². The number of halogens is 2. The van der Waals surface area contributed by atoms with Crippen LogP contribution in [0.3, 0.4) is 0 Å². The summed E-state index contributed by atoms with van der Waals surface area (Å²) >= 11 is 11.5. The van der Waals surface area contributed by atoms with Crippen LogP contribution < -0.4 is 5.73 Å². The minimum absolute atomic E-state index is 0.345. The highest BCUT2D eigenvalue weighted by molar-refractivity contribution is 6.40. The lowest BCUT2D eigenvalue weighted by Crippen LogP contribution is -2.11. The number of aryl methyl sites for hydroxylation is 1. The van der Waals surface area contributed by atoms with E-state index in [4.69, 9.17) is 28.9 Å². The first-order valence-electron chi connectivity index (χ1n) is 3.25. The summed E-state index contributed by atoms with van der Waals surface area (Å²) in [5.41, 5.74) is 5.36. The monoisotopic (exact) mass is 193 g/mol. The van der Waals surface area contributed by atoms with Crippen molar-refractivity contribution in [2.75, 3.05) is 6.54 Å². The zero-order chi connectivity index (χ0) is 8.43.